The molecule has 0 bridgehead atoms. The first-order chi connectivity index (χ1) is 10.9. The van der Waals surface area contributed by atoms with Crippen LogP contribution < -0.4 is 5.32 Å². The lowest BCUT2D eigenvalue weighted by Crippen LogP contribution is -2.17. The summed E-state index contributed by atoms with van der Waals surface area (Å²) in [5.41, 5.74) is -0.771. The maximum absolute atomic E-state index is 12.9. The molecule has 1 heterocycles. The molecule has 0 unspecified atom stereocenters. The lowest BCUT2D eigenvalue weighted by Gasteiger charge is -2.13. The summed E-state index contributed by atoms with van der Waals surface area (Å²) in [7, 11) is 1.64. The lowest BCUT2D eigenvalue weighted by atomic mass is 9.92. The monoisotopic (exact) mass is 359 g/mol. The molecule has 24 heavy (non-hydrogen) atoms. The maximum Gasteiger partial charge on any atom is 0.417 e. The Morgan fingerprint density at radius 2 is 1.88 bits per heavy atom. The van der Waals surface area contributed by atoms with Gasteiger partial charge in [0.2, 0.25) is 0 Å². The second-order valence-electron chi connectivity index (χ2n) is 6.41. The van der Waals surface area contributed by atoms with Crippen LogP contribution in [-0.2, 0) is 18.6 Å². The molecular weight excluding hydrogens is 343 g/mol. The van der Waals surface area contributed by atoms with Crippen LogP contribution >= 0.6 is 11.6 Å². The van der Waals surface area contributed by atoms with Gasteiger partial charge in [-0.25, -0.2) is 0 Å². The van der Waals surface area contributed by atoms with E-state index < -0.39 is 22.7 Å². The van der Waals surface area contributed by atoms with Crippen LogP contribution in [0, 0.1) is 0 Å². The summed E-state index contributed by atoms with van der Waals surface area (Å²) in [6.07, 6.45) is -4.63. The fourth-order valence-corrected chi connectivity index (χ4v) is 2.38. The zero-order valence-electron chi connectivity index (χ0n) is 13.6. The quantitative estimate of drug-likeness (QED) is 0.849. The number of nitrogens with zero attached hydrogens (tertiary/aromatic N) is 2. The molecule has 0 saturated heterocycles. The first-order valence-corrected chi connectivity index (χ1v) is 7.50. The molecule has 1 N–H and O–H groups in total. The zero-order valence-corrected chi connectivity index (χ0v) is 14.4. The summed E-state index contributed by atoms with van der Waals surface area (Å²) >= 11 is 5.77. The molecule has 0 spiro atoms. The summed E-state index contributed by atoms with van der Waals surface area (Å²) < 4.78 is 40.1. The average molecular weight is 360 g/mol. The van der Waals surface area contributed by atoms with Gasteiger partial charge in [-0.15, -0.1) is 0 Å². The van der Waals surface area contributed by atoms with Crippen LogP contribution in [0.2, 0.25) is 5.02 Å². The number of amides is 1. The van der Waals surface area contributed by atoms with Gasteiger partial charge in [-0.2, -0.15) is 18.3 Å². The van der Waals surface area contributed by atoms with E-state index in [-0.39, 0.29) is 11.0 Å². The van der Waals surface area contributed by atoms with Crippen molar-refractivity contribution < 1.29 is 18.0 Å². The van der Waals surface area contributed by atoms with Gasteiger partial charge in [0.1, 0.15) is 5.82 Å². The van der Waals surface area contributed by atoms with Crippen molar-refractivity contribution in [3.63, 3.8) is 0 Å². The Hall–Kier alpha value is -2.02. The second-order valence-corrected chi connectivity index (χ2v) is 6.79. The first-order valence-electron chi connectivity index (χ1n) is 7.13. The highest BCUT2D eigenvalue weighted by molar-refractivity contribution is 6.35. The van der Waals surface area contributed by atoms with Gasteiger partial charge in [-0.05, 0) is 12.1 Å². The minimum atomic E-state index is -4.63. The van der Waals surface area contributed by atoms with E-state index in [4.69, 9.17) is 11.6 Å². The van der Waals surface area contributed by atoms with Crippen molar-refractivity contribution in [3.8, 4) is 0 Å². The Labute approximate surface area is 142 Å². The molecule has 0 aliphatic carbocycles. The third-order valence-electron chi connectivity index (χ3n) is 3.44. The number of carbonyl (C=O) groups excluding carboxylic acids is 1. The van der Waals surface area contributed by atoms with Crippen LogP contribution in [0.15, 0.2) is 24.3 Å². The highest BCUT2D eigenvalue weighted by atomic mass is 35.5. The normalized spacial score (nSPS) is 12.3. The summed E-state index contributed by atoms with van der Waals surface area (Å²) in [4.78, 5) is 12.3. The number of carbonyl (C=O) groups is 1. The Morgan fingerprint density at radius 3 is 2.38 bits per heavy atom. The molecule has 0 aliphatic heterocycles. The molecule has 0 atom stereocenters. The smallest absolute Gasteiger partial charge is 0.307 e. The Morgan fingerprint density at radius 1 is 1.25 bits per heavy atom. The number of halogens is 4. The molecule has 130 valence electrons. The van der Waals surface area contributed by atoms with Gasteiger partial charge in [0, 0.05) is 18.5 Å². The molecule has 0 fully saturated rings. The third-order valence-corrected chi connectivity index (χ3v) is 3.85. The number of nitrogens with one attached hydrogen (secondary N) is 1. The minimum Gasteiger partial charge on any atom is -0.307 e. The van der Waals surface area contributed by atoms with Crippen molar-refractivity contribution in [2.75, 3.05) is 5.32 Å². The number of hydrogen-bond acceptors (Lipinski definition) is 2. The molecule has 2 aromatic rings. The highest BCUT2D eigenvalue weighted by Gasteiger charge is 2.34. The van der Waals surface area contributed by atoms with Crippen LogP contribution in [0.5, 0.6) is 0 Å². The predicted octanol–water partition coefficient (Wildman–Crippen LogP) is 4.64. The molecule has 1 amide bonds. The fraction of sp³-hybridized carbons (Fsp3) is 0.375. The van der Waals surface area contributed by atoms with E-state index in [0.29, 0.717) is 5.82 Å². The molecule has 0 saturated carbocycles. The van der Waals surface area contributed by atoms with Gasteiger partial charge in [-0.1, -0.05) is 38.4 Å². The van der Waals surface area contributed by atoms with Crippen LogP contribution in [0.25, 0.3) is 0 Å². The molecule has 1 aromatic heterocycles. The van der Waals surface area contributed by atoms with Gasteiger partial charge in [0.25, 0.3) is 5.91 Å². The van der Waals surface area contributed by atoms with Crippen molar-refractivity contribution in [1.29, 1.82) is 0 Å². The summed E-state index contributed by atoms with van der Waals surface area (Å²) in [6.45, 7) is 5.89. The Kier molecular flexibility index (Phi) is 4.68. The van der Waals surface area contributed by atoms with Gasteiger partial charge in [-0.3, -0.25) is 9.48 Å². The SMILES string of the molecule is Cn1nc(C(C)(C)C)cc1NC(=O)c1cccc(C(F)(F)F)c1Cl. The standard InChI is InChI=1S/C16H17ClF3N3O/c1-15(2,3)11-8-12(23(4)22-11)21-14(24)9-6-5-7-10(13(9)17)16(18,19)20/h5-8H,1-4H3,(H,21,24). The zero-order chi connectivity index (χ0) is 18.3. The lowest BCUT2D eigenvalue weighted by molar-refractivity contribution is -0.137. The predicted molar refractivity (Wildman–Crippen MR) is 86.3 cm³/mol. The van der Waals surface area contributed by atoms with Crippen LogP contribution in [0.1, 0.15) is 42.4 Å². The van der Waals surface area contributed by atoms with Crippen LogP contribution in [-0.4, -0.2) is 15.7 Å². The molecule has 0 radical (unpaired) electrons. The summed E-state index contributed by atoms with van der Waals surface area (Å²) in [6, 6.07) is 4.90. The highest BCUT2D eigenvalue weighted by Crippen LogP contribution is 2.36. The van der Waals surface area contributed by atoms with Crippen LogP contribution in [0.4, 0.5) is 19.0 Å². The fourth-order valence-electron chi connectivity index (χ4n) is 2.06. The van der Waals surface area contributed by atoms with E-state index in [1.54, 1.807) is 13.1 Å². The molecular formula is C16H17ClF3N3O. The number of alkyl halides is 3. The van der Waals surface area contributed by atoms with E-state index in [0.717, 1.165) is 17.8 Å². The number of aromatic nitrogens is 2. The van der Waals surface area contributed by atoms with E-state index >= 15 is 0 Å². The number of aryl methyl sites for hydroxylation is 1. The van der Waals surface area contributed by atoms with E-state index in [9.17, 15) is 18.0 Å². The third kappa shape index (κ3) is 3.72. The summed E-state index contributed by atoms with van der Waals surface area (Å²) in [5.74, 6) is -0.354. The Balaban J connectivity index is 2.34. The minimum absolute atomic E-state index is 0.228. The van der Waals surface area contributed by atoms with E-state index in [1.165, 1.54) is 10.7 Å². The second kappa shape index (κ2) is 6.12. The molecule has 0 aliphatic rings. The van der Waals surface area contributed by atoms with Gasteiger partial charge >= 0.3 is 6.18 Å². The molecule has 2 rings (SSSR count). The van der Waals surface area contributed by atoms with Crippen molar-refractivity contribution in [1.82, 2.24) is 9.78 Å². The molecule has 4 nitrogen and oxygen atoms in total. The van der Waals surface area contributed by atoms with Crippen molar-refractivity contribution in [2.45, 2.75) is 32.4 Å². The van der Waals surface area contributed by atoms with Gasteiger partial charge in [0.15, 0.2) is 0 Å². The Bertz CT molecular complexity index is 776. The van der Waals surface area contributed by atoms with E-state index in [1.807, 2.05) is 20.8 Å². The molecule has 1 aromatic carbocycles. The number of anilines is 1. The number of hydrogen-bond donors (Lipinski definition) is 1. The van der Waals surface area contributed by atoms with Crippen LogP contribution in [0.3, 0.4) is 0 Å². The maximum atomic E-state index is 12.9. The summed E-state index contributed by atoms with van der Waals surface area (Å²) in [5, 5.41) is 6.22. The van der Waals surface area contributed by atoms with Crippen molar-refractivity contribution in [3.05, 3.63) is 46.1 Å². The first kappa shape index (κ1) is 18.3. The average Bonchev–Trinajstić information content (AvgIpc) is 2.79. The van der Waals surface area contributed by atoms with E-state index in [2.05, 4.69) is 10.4 Å². The van der Waals surface area contributed by atoms with Gasteiger partial charge in [0.05, 0.1) is 21.8 Å². The largest absolute Gasteiger partial charge is 0.417 e. The number of rotatable bonds is 2. The van der Waals surface area contributed by atoms with Crippen molar-refractivity contribution in [2.24, 2.45) is 7.05 Å². The topological polar surface area (TPSA) is 46.9 Å². The number of benzene rings is 1. The van der Waals surface area contributed by atoms with Crippen molar-refractivity contribution >= 4 is 23.3 Å². The molecule has 8 heteroatoms. The van der Waals surface area contributed by atoms with Gasteiger partial charge < -0.3 is 5.32 Å².